The number of halogens is 1. The van der Waals surface area contributed by atoms with Crippen LogP contribution in [0.3, 0.4) is 0 Å². The molecule has 0 bridgehead atoms. The molecule has 1 unspecified atom stereocenters. The van der Waals surface area contributed by atoms with Crippen molar-refractivity contribution < 1.29 is 4.79 Å². The monoisotopic (exact) mass is 384 g/mol. The third-order valence-electron chi connectivity index (χ3n) is 5.10. The Kier molecular flexibility index (Phi) is 6.48. The number of fused-ring (bicyclic) bond motifs is 1. The van der Waals surface area contributed by atoms with Gasteiger partial charge in [0.1, 0.15) is 6.33 Å². The Hall–Kier alpha value is -2.37. The lowest BCUT2D eigenvalue weighted by molar-refractivity contribution is -0.121. The minimum atomic E-state index is 0. The van der Waals surface area contributed by atoms with E-state index in [2.05, 4.69) is 50.5 Å². The largest absolute Gasteiger partial charge is 0.352 e. The predicted octanol–water partition coefficient (Wildman–Crippen LogP) is 3.45. The average Bonchev–Trinajstić information content (AvgIpc) is 3.35. The molecule has 2 N–H and O–H groups in total. The fourth-order valence-corrected chi connectivity index (χ4v) is 3.52. The van der Waals surface area contributed by atoms with Crippen molar-refractivity contribution in [3.63, 3.8) is 0 Å². The molecule has 1 atom stereocenters. The van der Waals surface area contributed by atoms with E-state index in [0.717, 1.165) is 41.8 Å². The van der Waals surface area contributed by atoms with Crippen LogP contribution >= 0.6 is 12.4 Å². The lowest BCUT2D eigenvalue weighted by atomic mass is 10.0. The summed E-state index contributed by atoms with van der Waals surface area (Å²) in [4.78, 5) is 16.5. The molecular formula is C21H25ClN4O. The van der Waals surface area contributed by atoms with Crippen LogP contribution in [0, 0.1) is 5.92 Å². The molecule has 4 rings (SSSR count). The zero-order valence-corrected chi connectivity index (χ0v) is 16.0. The van der Waals surface area contributed by atoms with Crippen LogP contribution in [0.25, 0.3) is 16.7 Å². The molecular weight excluding hydrogens is 360 g/mol. The molecule has 2 heterocycles. The number of rotatable bonds is 6. The van der Waals surface area contributed by atoms with Crippen LogP contribution in [-0.4, -0.2) is 28.5 Å². The third kappa shape index (κ3) is 4.67. The van der Waals surface area contributed by atoms with E-state index in [-0.39, 0.29) is 18.3 Å². The molecule has 27 heavy (non-hydrogen) atoms. The summed E-state index contributed by atoms with van der Waals surface area (Å²) in [6, 6.07) is 16.4. The highest BCUT2D eigenvalue weighted by Crippen LogP contribution is 2.18. The Bertz CT molecular complexity index is 885. The van der Waals surface area contributed by atoms with E-state index in [1.165, 1.54) is 6.42 Å². The number of carbonyl (C=O) groups excluding carboxylic acids is 1. The van der Waals surface area contributed by atoms with E-state index in [1.54, 1.807) is 0 Å². The number of aromatic nitrogens is 2. The number of amides is 1. The molecule has 3 aromatic rings. The molecule has 0 saturated carbocycles. The summed E-state index contributed by atoms with van der Waals surface area (Å²) in [7, 11) is 0. The Labute approximate surface area is 165 Å². The van der Waals surface area contributed by atoms with Gasteiger partial charge in [-0.2, -0.15) is 0 Å². The van der Waals surface area contributed by atoms with Gasteiger partial charge < -0.3 is 10.6 Å². The molecule has 142 valence electrons. The summed E-state index contributed by atoms with van der Waals surface area (Å²) >= 11 is 0. The van der Waals surface area contributed by atoms with E-state index in [1.807, 2.05) is 24.5 Å². The maximum absolute atomic E-state index is 12.0. The molecule has 1 aliphatic heterocycles. The molecule has 6 heteroatoms. The van der Waals surface area contributed by atoms with Gasteiger partial charge in [-0.1, -0.05) is 24.3 Å². The van der Waals surface area contributed by atoms with Gasteiger partial charge in [0.15, 0.2) is 0 Å². The van der Waals surface area contributed by atoms with E-state index in [0.29, 0.717) is 18.9 Å². The van der Waals surface area contributed by atoms with Crippen LogP contribution in [0.15, 0.2) is 54.9 Å². The van der Waals surface area contributed by atoms with Crippen molar-refractivity contribution in [1.29, 1.82) is 0 Å². The molecule has 1 saturated heterocycles. The zero-order chi connectivity index (χ0) is 17.8. The lowest BCUT2D eigenvalue weighted by Gasteiger charge is -2.10. The molecule has 1 aliphatic rings. The average molecular weight is 385 g/mol. The second-order valence-corrected chi connectivity index (χ2v) is 6.94. The van der Waals surface area contributed by atoms with Crippen molar-refractivity contribution in [3.05, 3.63) is 60.4 Å². The second kappa shape index (κ2) is 9.02. The van der Waals surface area contributed by atoms with Gasteiger partial charge in [0.2, 0.25) is 5.91 Å². The first kappa shape index (κ1) is 19.4. The number of hydrogen-bond donors (Lipinski definition) is 2. The summed E-state index contributed by atoms with van der Waals surface area (Å²) < 4.78 is 2.08. The Morgan fingerprint density at radius 2 is 2.00 bits per heavy atom. The van der Waals surface area contributed by atoms with Gasteiger partial charge in [0, 0.05) is 18.7 Å². The van der Waals surface area contributed by atoms with Crippen molar-refractivity contribution in [2.24, 2.45) is 5.92 Å². The smallest absolute Gasteiger partial charge is 0.220 e. The van der Waals surface area contributed by atoms with Gasteiger partial charge in [-0.15, -0.1) is 12.4 Å². The molecule has 2 aromatic carbocycles. The first-order valence-electron chi connectivity index (χ1n) is 9.28. The zero-order valence-electron chi connectivity index (χ0n) is 15.2. The molecule has 0 radical (unpaired) electrons. The van der Waals surface area contributed by atoms with Gasteiger partial charge >= 0.3 is 0 Å². The number of imidazole rings is 1. The van der Waals surface area contributed by atoms with Crippen molar-refractivity contribution in [2.75, 3.05) is 13.1 Å². The van der Waals surface area contributed by atoms with Gasteiger partial charge in [-0.3, -0.25) is 9.36 Å². The maximum atomic E-state index is 12.0. The van der Waals surface area contributed by atoms with Gasteiger partial charge in [0.25, 0.3) is 0 Å². The predicted molar refractivity (Wildman–Crippen MR) is 110 cm³/mol. The molecule has 5 nitrogen and oxygen atoms in total. The number of nitrogens with zero attached hydrogens (tertiary/aromatic N) is 2. The van der Waals surface area contributed by atoms with Crippen molar-refractivity contribution in [1.82, 2.24) is 20.2 Å². The Morgan fingerprint density at radius 3 is 2.78 bits per heavy atom. The topological polar surface area (TPSA) is 59.0 Å². The summed E-state index contributed by atoms with van der Waals surface area (Å²) in [5.41, 5.74) is 4.26. The first-order valence-corrected chi connectivity index (χ1v) is 9.28. The minimum absolute atomic E-state index is 0. The van der Waals surface area contributed by atoms with Crippen molar-refractivity contribution in [2.45, 2.75) is 25.8 Å². The van der Waals surface area contributed by atoms with Crippen molar-refractivity contribution >= 4 is 29.3 Å². The van der Waals surface area contributed by atoms with Gasteiger partial charge in [-0.05, 0) is 61.7 Å². The van der Waals surface area contributed by atoms with Crippen LogP contribution in [0.1, 0.15) is 24.8 Å². The highest BCUT2D eigenvalue weighted by atomic mass is 35.5. The van der Waals surface area contributed by atoms with E-state index < -0.39 is 0 Å². The van der Waals surface area contributed by atoms with Crippen LogP contribution in [-0.2, 0) is 11.3 Å². The van der Waals surface area contributed by atoms with Gasteiger partial charge in [-0.25, -0.2) is 4.98 Å². The molecule has 0 spiro atoms. The quantitative estimate of drug-likeness (QED) is 0.684. The number of hydrogen-bond acceptors (Lipinski definition) is 3. The fraction of sp³-hybridized carbons (Fsp3) is 0.333. The number of nitrogens with one attached hydrogen (secondary N) is 2. The van der Waals surface area contributed by atoms with E-state index in [4.69, 9.17) is 0 Å². The fourth-order valence-electron chi connectivity index (χ4n) is 3.52. The maximum Gasteiger partial charge on any atom is 0.220 e. The number of carbonyl (C=O) groups is 1. The summed E-state index contributed by atoms with van der Waals surface area (Å²) in [5.74, 6) is 0.798. The van der Waals surface area contributed by atoms with Crippen LogP contribution in [0.2, 0.25) is 0 Å². The van der Waals surface area contributed by atoms with Crippen LogP contribution in [0.4, 0.5) is 0 Å². The summed E-state index contributed by atoms with van der Waals surface area (Å²) in [6.07, 6.45) is 4.63. The highest BCUT2D eigenvalue weighted by Gasteiger charge is 2.15. The molecule has 1 amide bonds. The molecule has 0 aliphatic carbocycles. The Balaban J connectivity index is 0.00000210. The van der Waals surface area contributed by atoms with Gasteiger partial charge in [0.05, 0.1) is 11.0 Å². The highest BCUT2D eigenvalue weighted by molar-refractivity contribution is 5.85. The SMILES string of the molecule is Cl.O=C(CCC1CCNC1)NCc1ccc(-n2cnc3ccccc32)cc1. The standard InChI is InChI=1S/C21H24N4O.ClH/c26-21(10-7-17-11-12-22-13-17)23-14-16-5-8-18(9-6-16)25-15-24-19-3-1-2-4-20(19)25;/h1-6,8-9,15,17,22H,7,10-14H2,(H,23,26);1H. The van der Waals surface area contributed by atoms with E-state index in [9.17, 15) is 4.79 Å². The summed E-state index contributed by atoms with van der Waals surface area (Å²) in [6.45, 7) is 2.72. The minimum Gasteiger partial charge on any atom is -0.352 e. The van der Waals surface area contributed by atoms with E-state index >= 15 is 0 Å². The van der Waals surface area contributed by atoms with Crippen LogP contribution in [0.5, 0.6) is 0 Å². The van der Waals surface area contributed by atoms with Crippen LogP contribution < -0.4 is 10.6 Å². The van der Waals surface area contributed by atoms with Crippen molar-refractivity contribution in [3.8, 4) is 5.69 Å². The lowest BCUT2D eigenvalue weighted by Crippen LogP contribution is -2.23. The third-order valence-corrected chi connectivity index (χ3v) is 5.10. The summed E-state index contributed by atoms with van der Waals surface area (Å²) in [5, 5.41) is 6.37. The molecule has 1 fully saturated rings. The molecule has 1 aromatic heterocycles. The Morgan fingerprint density at radius 1 is 1.19 bits per heavy atom. The number of benzene rings is 2. The second-order valence-electron chi connectivity index (χ2n) is 6.94. The first-order chi connectivity index (χ1) is 12.8. The number of para-hydroxylation sites is 2. The normalized spacial score (nSPS) is 16.2.